The number of rotatable bonds is 24. The van der Waals surface area contributed by atoms with Crippen molar-refractivity contribution in [1.82, 2.24) is 21.3 Å². The lowest BCUT2D eigenvalue weighted by molar-refractivity contribution is -0.130. The molecule has 14 nitrogen and oxygen atoms in total. The Hall–Kier alpha value is -6.41. The molecule has 0 heterocycles. The molecule has 0 aromatic heterocycles. The number of benzene rings is 4. The summed E-state index contributed by atoms with van der Waals surface area (Å²) in [7, 11) is 0. The maximum atomic E-state index is 13.4. The van der Waals surface area contributed by atoms with Gasteiger partial charge in [0.15, 0.2) is 5.96 Å². The first kappa shape index (κ1) is 44.3. The largest absolute Gasteiger partial charge is 0.445 e. The van der Waals surface area contributed by atoms with Gasteiger partial charge in [0.25, 0.3) is 0 Å². The Bertz CT molecular complexity index is 1840. The molecule has 0 radical (unpaired) electrons. The van der Waals surface area contributed by atoms with E-state index in [1.54, 1.807) is 0 Å². The molecule has 4 aromatic carbocycles. The molecule has 0 aliphatic heterocycles. The van der Waals surface area contributed by atoms with E-state index in [1.807, 2.05) is 115 Å². The van der Waals surface area contributed by atoms with Gasteiger partial charge in [0.1, 0.15) is 19.3 Å². The number of aryl methyl sites for hydroxylation is 1. The number of hydrogen-bond acceptors (Lipinski definition) is 8. The Morgan fingerprint density at radius 3 is 1.67 bits per heavy atom. The molecule has 4 aromatic rings. The minimum atomic E-state index is -0.923. The van der Waals surface area contributed by atoms with E-state index < -0.39 is 18.2 Å². The molecule has 2 atom stereocenters. The van der Waals surface area contributed by atoms with Gasteiger partial charge < -0.3 is 46.9 Å². The second-order valence-corrected chi connectivity index (χ2v) is 13.6. The lowest BCUT2D eigenvalue weighted by atomic mass is 10.1. The van der Waals surface area contributed by atoms with Gasteiger partial charge >= 0.3 is 12.2 Å². The predicted molar refractivity (Wildman–Crippen MR) is 222 cm³/mol. The molecule has 0 aliphatic carbocycles. The highest BCUT2D eigenvalue weighted by Crippen LogP contribution is 2.10. The van der Waals surface area contributed by atoms with Gasteiger partial charge in [0, 0.05) is 25.6 Å². The van der Waals surface area contributed by atoms with E-state index in [0.717, 1.165) is 27.8 Å². The molecule has 0 saturated carbocycles. The fourth-order valence-corrected chi connectivity index (χ4v) is 5.79. The zero-order chi connectivity index (χ0) is 41.2. The molecule has 14 heteroatoms. The van der Waals surface area contributed by atoms with E-state index in [0.29, 0.717) is 45.2 Å². The number of guanidine groups is 1. The number of ether oxygens (including phenoxy) is 3. The Kier molecular flexibility index (Phi) is 19.6. The highest BCUT2D eigenvalue weighted by molar-refractivity contribution is 5.87. The maximum Gasteiger partial charge on any atom is 0.407 e. The first-order valence-electron chi connectivity index (χ1n) is 19.5. The first-order valence-corrected chi connectivity index (χ1v) is 19.5. The van der Waals surface area contributed by atoms with Gasteiger partial charge in [0.2, 0.25) is 11.8 Å². The van der Waals surface area contributed by atoms with Crippen molar-refractivity contribution < 1.29 is 33.4 Å². The van der Waals surface area contributed by atoms with Gasteiger partial charge in [0.05, 0.1) is 19.8 Å². The van der Waals surface area contributed by atoms with Crippen LogP contribution < -0.4 is 32.7 Å². The number of nitrogens with two attached hydrogens (primary N) is 2. The number of hydrogen-bond donors (Lipinski definition) is 6. The third-order valence-corrected chi connectivity index (χ3v) is 8.93. The Balaban J connectivity index is 1.26. The number of nitrogens with one attached hydrogen (secondary N) is 4. The Labute approximate surface area is 340 Å². The summed E-state index contributed by atoms with van der Waals surface area (Å²) in [5.74, 6) is -0.648. The van der Waals surface area contributed by atoms with Crippen molar-refractivity contribution in [3.05, 3.63) is 143 Å². The summed E-state index contributed by atoms with van der Waals surface area (Å²) >= 11 is 0. The minimum Gasteiger partial charge on any atom is -0.445 e. The molecule has 8 N–H and O–H groups in total. The van der Waals surface area contributed by atoms with E-state index in [9.17, 15) is 19.2 Å². The molecule has 0 aliphatic rings. The van der Waals surface area contributed by atoms with Crippen molar-refractivity contribution in [3.63, 3.8) is 0 Å². The summed E-state index contributed by atoms with van der Waals surface area (Å²) in [4.78, 5) is 55.5. The minimum absolute atomic E-state index is 0.0189. The molecule has 4 amide bonds. The molecular weight excluding hydrogens is 739 g/mol. The first-order chi connectivity index (χ1) is 28.2. The molecular formula is C44H55N7O7. The van der Waals surface area contributed by atoms with Crippen LogP contribution in [-0.4, -0.2) is 61.7 Å². The van der Waals surface area contributed by atoms with E-state index in [2.05, 4.69) is 26.3 Å². The molecule has 308 valence electrons. The van der Waals surface area contributed by atoms with Crippen molar-refractivity contribution in [3.8, 4) is 0 Å². The number of amides is 4. The summed E-state index contributed by atoms with van der Waals surface area (Å²) < 4.78 is 16.6. The van der Waals surface area contributed by atoms with Crippen LogP contribution in [0.4, 0.5) is 9.59 Å². The number of carbonyl (C=O) groups is 4. The molecule has 4 rings (SSSR count). The van der Waals surface area contributed by atoms with E-state index in [4.69, 9.17) is 25.7 Å². The zero-order valence-corrected chi connectivity index (χ0v) is 32.8. The van der Waals surface area contributed by atoms with Gasteiger partial charge in [-0.3, -0.25) is 9.59 Å². The summed E-state index contributed by atoms with van der Waals surface area (Å²) in [5, 5.41) is 11.5. The smallest absolute Gasteiger partial charge is 0.407 e. The third kappa shape index (κ3) is 18.5. The number of alkyl carbamates (subject to hydrolysis) is 2. The number of aliphatic imine (C=N–C) groups is 1. The van der Waals surface area contributed by atoms with Crippen molar-refractivity contribution in [2.24, 2.45) is 16.5 Å². The highest BCUT2D eigenvalue weighted by atomic mass is 16.6. The molecule has 0 fully saturated rings. The van der Waals surface area contributed by atoms with Crippen LogP contribution in [-0.2, 0) is 56.6 Å². The summed E-state index contributed by atoms with van der Waals surface area (Å²) in [5.41, 5.74) is 15.4. The van der Waals surface area contributed by atoms with Crippen LogP contribution in [0.15, 0.2) is 120 Å². The average Bonchev–Trinajstić information content (AvgIpc) is 3.24. The Morgan fingerprint density at radius 2 is 1.10 bits per heavy atom. The van der Waals surface area contributed by atoms with E-state index >= 15 is 0 Å². The van der Waals surface area contributed by atoms with Gasteiger partial charge in [-0.25, -0.2) is 14.6 Å². The lowest BCUT2D eigenvalue weighted by Gasteiger charge is -2.21. The van der Waals surface area contributed by atoms with Gasteiger partial charge in [-0.2, -0.15) is 0 Å². The summed E-state index contributed by atoms with van der Waals surface area (Å²) in [6.45, 7) is 1.54. The second-order valence-electron chi connectivity index (χ2n) is 13.6. The average molecular weight is 794 g/mol. The maximum absolute atomic E-state index is 13.4. The van der Waals surface area contributed by atoms with E-state index in [1.165, 1.54) is 0 Å². The van der Waals surface area contributed by atoms with E-state index in [-0.39, 0.29) is 63.2 Å². The molecule has 0 saturated heterocycles. The third-order valence-electron chi connectivity index (χ3n) is 8.93. The quantitative estimate of drug-likeness (QED) is 0.0320. The van der Waals surface area contributed by atoms with Gasteiger partial charge in [-0.05, 0) is 59.9 Å². The normalized spacial score (nSPS) is 11.7. The van der Waals surface area contributed by atoms with Crippen molar-refractivity contribution in [1.29, 1.82) is 0 Å². The zero-order valence-electron chi connectivity index (χ0n) is 32.8. The molecule has 0 spiro atoms. The van der Waals surface area contributed by atoms with Crippen LogP contribution in [0.3, 0.4) is 0 Å². The molecule has 58 heavy (non-hydrogen) atoms. The molecule has 1 unspecified atom stereocenters. The topological polar surface area (TPSA) is 208 Å². The standard InChI is InChI=1S/C44H55N7O7/c45-42(46)49-28-34-22-20-33(21-23-34)24-25-40(52)51-39(32-56-29-35-12-4-1-5-13-35)41(53)47-26-10-18-38(50-44(55)58-31-37-16-8-3-9-17-37)19-11-27-48-43(54)57-30-36-14-6-2-7-15-36/h1-9,12-17,20-23,38-39H,10-11,18-19,24-32H2,(H,47,53)(H,48,54)(H,50,55)(H,51,52)(H4,45,46,49)/t38?,39-/m0/s1. The van der Waals surface area contributed by atoms with Crippen LogP contribution in [0.25, 0.3) is 0 Å². The monoisotopic (exact) mass is 793 g/mol. The van der Waals surface area contributed by atoms with Crippen LogP contribution in [0.1, 0.15) is 59.9 Å². The SMILES string of the molecule is NC(N)=NCc1ccc(CCC(=O)N[C@@H](COCc2ccccc2)C(=O)NCCCC(CCCNC(=O)OCc2ccccc2)NC(=O)OCc2ccccc2)cc1. The van der Waals surface area contributed by atoms with Crippen LogP contribution >= 0.6 is 0 Å². The summed E-state index contributed by atoms with van der Waals surface area (Å²) in [6, 6.07) is 34.8. The van der Waals surface area contributed by atoms with Crippen LogP contribution in [0.2, 0.25) is 0 Å². The Morgan fingerprint density at radius 1 is 0.586 bits per heavy atom. The highest BCUT2D eigenvalue weighted by Gasteiger charge is 2.22. The van der Waals surface area contributed by atoms with Crippen LogP contribution in [0.5, 0.6) is 0 Å². The number of nitrogens with zero attached hydrogens (tertiary/aromatic N) is 1. The van der Waals surface area contributed by atoms with Gasteiger partial charge in [-0.15, -0.1) is 0 Å². The number of carbonyl (C=O) groups excluding carboxylic acids is 4. The van der Waals surface area contributed by atoms with Gasteiger partial charge in [-0.1, -0.05) is 115 Å². The fourth-order valence-electron chi connectivity index (χ4n) is 5.79. The second kappa shape index (κ2) is 25.7. The van der Waals surface area contributed by atoms with Crippen molar-refractivity contribution >= 4 is 30.0 Å². The fraction of sp³-hybridized carbons (Fsp3) is 0.341. The lowest BCUT2D eigenvalue weighted by Crippen LogP contribution is -2.49. The van der Waals surface area contributed by atoms with Crippen molar-refractivity contribution in [2.75, 3.05) is 19.7 Å². The molecule has 0 bridgehead atoms. The predicted octanol–water partition coefficient (Wildman–Crippen LogP) is 4.99. The van der Waals surface area contributed by atoms with Crippen molar-refractivity contribution in [2.45, 2.75) is 77.0 Å². The summed E-state index contributed by atoms with van der Waals surface area (Å²) in [6.07, 6.45) is 1.70. The van der Waals surface area contributed by atoms with Crippen LogP contribution in [0, 0.1) is 0 Å².